The lowest BCUT2D eigenvalue weighted by Gasteiger charge is -2.11. The first-order valence-electron chi connectivity index (χ1n) is 10.3. The van der Waals surface area contributed by atoms with Crippen molar-refractivity contribution in [1.29, 1.82) is 0 Å². The summed E-state index contributed by atoms with van der Waals surface area (Å²) in [5.41, 5.74) is 9.30. The van der Waals surface area contributed by atoms with Gasteiger partial charge in [0.2, 0.25) is 0 Å². The van der Waals surface area contributed by atoms with Gasteiger partial charge in [0.25, 0.3) is 5.91 Å². The Kier molecular flexibility index (Phi) is 5.96. The monoisotopic (exact) mass is 427 g/mol. The Labute approximate surface area is 186 Å². The van der Waals surface area contributed by atoms with E-state index in [0.717, 1.165) is 38.2 Å². The molecule has 1 amide bonds. The zero-order valence-corrected chi connectivity index (χ0v) is 19.0. The van der Waals surface area contributed by atoms with Gasteiger partial charge in [0.05, 0.1) is 23.0 Å². The maximum absolute atomic E-state index is 13.1. The number of benzene rings is 2. The summed E-state index contributed by atoms with van der Waals surface area (Å²) in [7, 11) is 0. The summed E-state index contributed by atoms with van der Waals surface area (Å²) in [5, 5.41) is 7.01. The lowest BCUT2D eigenvalue weighted by atomic mass is 9.99. The summed E-state index contributed by atoms with van der Waals surface area (Å²) in [5.74, 6) is 0.219. The molecule has 0 atom stereocenters. The van der Waals surface area contributed by atoms with Crippen LogP contribution in [0.1, 0.15) is 51.7 Å². The molecule has 31 heavy (non-hydrogen) atoms. The highest BCUT2D eigenvalue weighted by molar-refractivity contribution is 7.11. The Morgan fingerprint density at radius 1 is 1.06 bits per heavy atom. The Balaban J connectivity index is 1.72. The smallest absolute Gasteiger partial charge is 0.267 e. The molecule has 0 fully saturated rings. The fourth-order valence-electron chi connectivity index (χ4n) is 3.44. The molecule has 5 heteroatoms. The number of hydrogen-bond acceptors (Lipinski definition) is 4. The van der Waals surface area contributed by atoms with Crippen molar-refractivity contribution in [2.24, 2.45) is 5.10 Å². The number of pyridine rings is 1. The fourth-order valence-corrected chi connectivity index (χ4v) is 4.23. The number of hydrogen-bond donors (Lipinski definition) is 1. The topological polar surface area (TPSA) is 54.4 Å². The Bertz CT molecular complexity index is 1270. The van der Waals surface area contributed by atoms with Crippen molar-refractivity contribution in [3.8, 4) is 11.3 Å². The summed E-state index contributed by atoms with van der Waals surface area (Å²) < 4.78 is 0. The van der Waals surface area contributed by atoms with Gasteiger partial charge in [-0.15, -0.1) is 11.3 Å². The molecule has 0 aliphatic rings. The van der Waals surface area contributed by atoms with Crippen LogP contribution in [0.2, 0.25) is 0 Å². The highest BCUT2D eigenvalue weighted by atomic mass is 32.1. The van der Waals surface area contributed by atoms with Crippen LogP contribution < -0.4 is 5.43 Å². The van der Waals surface area contributed by atoms with Gasteiger partial charge < -0.3 is 0 Å². The zero-order chi connectivity index (χ0) is 22.0. The van der Waals surface area contributed by atoms with E-state index in [2.05, 4.69) is 48.6 Å². The van der Waals surface area contributed by atoms with Gasteiger partial charge in [-0.1, -0.05) is 49.7 Å². The molecular weight excluding hydrogens is 402 g/mol. The quantitative estimate of drug-likeness (QED) is 0.293. The molecule has 0 saturated carbocycles. The van der Waals surface area contributed by atoms with E-state index in [0.29, 0.717) is 11.5 Å². The lowest BCUT2D eigenvalue weighted by Crippen LogP contribution is -2.18. The second kappa shape index (κ2) is 8.82. The molecule has 2 heterocycles. The van der Waals surface area contributed by atoms with Gasteiger partial charge in [-0.25, -0.2) is 10.4 Å². The molecule has 0 aliphatic heterocycles. The number of aryl methyl sites for hydroxylation is 2. The van der Waals surface area contributed by atoms with Crippen molar-refractivity contribution in [3.63, 3.8) is 0 Å². The van der Waals surface area contributed by atoms with Crippen LogP contribution in [-0.2, 0) is 0 Å². The summed E-state index contributed by atoms with van der Waals surface area (Å²) in [6.07, 6.45) is 1.69. The van der Waals surface area contributed by atoms with Gasteiger partial charge in [0.15, 0.2) is 0 Å². The Morgan fingerprint density at radius 3 is 2.52 bits per heavy atom. The van der Waals surface area contributed by atoms with Gasteiger partial charge in [0, 0.05) is 15.8 Å². The molecule has 1 N–H and O–H groups in total. The molecule has 0 spiro atoms. The van der Waals surface area contributed by atoms with Crippen molar-refractivity contribution in [2.45, 2.75) is 33.6 Å². The Hall–Kier alpha value is -3.31. The number of aromatic nitrogens is 1. The molecule has 4 rings (SSSR count). The molecule has 0 bridgehead atoms. The van der Waals surface area contributed by atoms with Gasteiger partial charge in [0.1, 0.15) is 0 Å². The van der Waals surface area contributed by atoms with Crippen LogP contribution in [0.15, 0.2) is 65.1 Å². The largest absolute Gasteiger partial charge is 0.272 e. The maximum atomic E-state index is 13.1. The molecule has 2 aromatic carbocycles. The number of fused-ring (bicyclic) bond motifs is 1. The van der Waals surface area contributed by atoms with E-state index in [-0.39, 0.29) is 5.91 Å². The molecule has 4 nitrogen and oxygen atoms in total. The number of amides is 1. The third-order valence-electron chi connectivity index (χ3n) is 5.33. The number of rotatable bonds is 5. The molecule has 156 valence electrons. The van der Waals surface area contributed by atoms with Crippen LogP contribution in [0.25, 0.3) is 22.2 Å². The maximum Gasteiger partial charge on any atom is 0.272 e. The van der Waals surface area contributed by atoms with Gasteiger partial charge in [-0.3, -0.25) is 4.79 Å². The van der Waals surface area contributed by atoms with E-state index in [1.807, 2.05) is 49.6 Å². The van der Waals surface area contributed by atoms with Crippen molar-refractivity contribution in [1.82, 2.24) is 10.4 Å². The molecule has 0 saturated heterocycles. The number of nitrogens with zero attached hydrogens (tertiary/aromatic N) is 2. The van der Waals surface area contributed by atoms with Crippen LogP contribution in [0.4, 0.5) is 0 Å². The highest BCUT2D eigenvalue weighted by Gasteiger charge is 2.14. The minimum absolute atomic E-state index is 0.247. The number of hydrazone groups is 1. The number of thiophene rings is 1. The first-order chi connectivity index (χ1) is 14.9. The number of nitrogens with one attached hydrogen (secondary N) is 1. The van der Waals surface area contributed by atoms with Gasteiger partial charge in [-0.2, -0.15) is 5.10 Å². The zero-order valence-electron chi connectivity index (χ0n) is 18.1. The average Bonchev–Trinajstić information content (AvgIpc) is 3.17. The van der Waals surface area contributed by atoms with E-state index in [1.165, 1.54) is 5.56 Å². The Morgan fingerprint density at radius 2 is 1.84 bits per heavy atom. The number of carbonyl (C=O) groups is 1. The first-order valence-corrected chi connectivity index (χ1v) is 11.2. The fraction of sp³-hybridized carbons (Fsp3) is 0.192. The number of carbonyl (C=O) groups excluding carboxylic acids is 1. The molecule has 2 aromatic heterocycles. The summed E-state index contributed by atoms with van der Waals surface area (Å²) >= 11 is 1.59. The second-order valence-corrected chi connectivity index (χ2v) is 8.97. The van der Waals surface area contributed by atoms with Crippen LogP contribution in [0.3, 0.4) is 0 Å². The van der Waals surface area contributed by atoms with Gasteiger partial charge in [-0.05, 0) is 60.5 Å². The second-order valence-electron chi connectivity index (χ2n) is 8.02. The van der Waals surface area contributed by atoms with E-state index < -0.39 is 0 Å². The van der Waals surface area contributed by atoms with E-state index in [4.69, 9.17) is 4.98 Å². The standard InChI is InChI=1S/C26H25N3OS/c1-16(2)19-6-8-20(9-7-19)24-14-22(21-13-17(3)5-10-23(21)28-24)26(30)29-27-15-25-18(4)11-12-31-25/h5-16H,1-4H3,(H,29,30)/b27-15+. The minimum atomic E-state index is -0.247. The van der Waals surface area contributed by atoms with E-state index in [1.54, 1.807) is 17.6 Å². The average molecular weight is 428 g/mol. The first kappa shape index (κ1) is 20.9. The molecule has 4 aromatic rings. The predicted octanol–water partition coefficient (Wildman–Crippen LogP) is 6.47. The molecule has 0 radical (unpaired) electrons. The molecular formula is C26H25N3OS. The molecule has 0 unspecified atom stereocenters. The minimum Gasteiger partial charge on any atom is -0.267 e. The van der Waals surface area contributed by atoms with E-state index >= 15 is 0 Å². The highest BCUT2D eigenvalue weighted by Crippen LogP contribution is 2.27. The summed E-state index contributed by atoms with van der Waals surface area (Å²) in [6, 6.07) is 18.2. The van der Waals surface area contributed by atoms with Crippen LogP contribution >= 0.6 is 11.3 Å². The summed E-state index contributed by atoms with van der Waals surface area (Å²) in [6.45, 7) is 8.38. The van der Waals surface area contributed by atoms with Crippen molar-refractivity contribution < 1.29 is 4.79 Å². The van der Waals surface area contributed by atoms with Crippen molar-refractivity contribution >= 4 is 34.4 Å². The van der Waals surface area contributed by atoms with Crippen molar-refractivity contribution in [2.75, 3.05) is 0 Å². The van der Waals surface area contributed by atoms with Crippen LogP contribution in [0.5, 0.6) is 0 Å². The molecule has 0 aliphatic carbocycles. The van der Waals surface area contributed by atoms with Gasteiger partial charge >= 0.3 is 0 Å². The predicted molar refractivity (Wildman–Crippen MR) is 130 cm³/mol. The normalized spacial score (nSPS) is 11.5. The van der Waals surface area contributed by atoms with Crippen LogP contribution in [-0.4, -0.2) is 17.1 Å². The SMILES string of the molecule is Cc1ccc2nc(-c3ccc(C(C)C)cc3)cc(C(=O)N/N=C/c3sccc3C)c2c1. The summed E-state index contributed by atoms with van der Waals surface area (Å²) in [4.78, 5) is 18.9. The third kappa shape index (κ3) is 4.57. The third-order valence-corrected chi connectivity index (χ3v) is 6.29. The lowest BCUT2D eigenvalue weighted by molar-refractivity contribution is 0.0956. The van der Waals surface area contributed by atoms with E-state index in [9.17, 15) is 4.79 Å². The van der Waals surface area contributed by atoms with Crippen LogP contribution in [0, 0.1) is 13.8 Å². The van der Waals surface area contributed by atoms with Crippen molar-refractivity contribution in [3.05, 3.63) is 87.1 Å².